The first-order valence-electron chi connectivity index (χ1n) is 6.92. The van der Waals surface area contributed by atoms with Gasteiger partial charge in [-0.3, -0.25) is 4.79 Å². The molecule has 2 N–H and O–H groups in total. The minimum atomic E-state index is -0.437. The minimum Gasteiger partial charge on any atom is -0.494 e. The van der Waals surface area contributed by atoms with Crippen LogP contribution < -0.4 is 15.4 Å². The second-order valence-electron chi connectivity index (χ2n) is 5.29. The van der Waals surface area contributed by atoms with Crippen LogP contribution in [-0.4, -0.2) is 32.1 Å². The van der Waals surface area contributed by atoms with Crippen molar-refractivity contribution in [3.8, 4) is 5.75 Å². The fourth-order valence-corrected chi connectivity index (χ4v) is 2.49. The zero-order valence-electron chi connectivity index (χ0n) is 11.9. The average molecular weight is 280 g/mol. The molecule has 1 aliphatic rings. The third kappa shape index (κ3) is 3.70. The van der Waals surface area contributed by atoms with Crippen molar-refractivity contribution in [1.29, 1.82) is 0 Å². The van der Waals surface area contributed by atoms with Gasteiger partial charge in [-0.25, -0.2) is 4.39 Å². The first-order chi connectivity index (χ1) is 9.60. The summed E-state index contributed by atoms with van der Waals surface area (Å²) in [6.45, 7) is 3.96. The molecule has 2 atom stereocenters. The van der Waals surface area contributed by atoms with Crippen molar-refractivity contribution in [2.24, 2.45) is 5.92 Å². The number of benzene rings is 1. The van der Waals surface area contributed by atoms with Gasteiger partial charge in [0.2, 0.25) is 5.91 Å². The van der Waals surface area contributed by atoms with E-state index in [0.29, 0.717) is 11.5 Å². The molecule has 1 aromatic carbocycles. The number of amides is 1. The molecule has 1 aliphatic heterocycles. The summed E-state index contributed by atoms with van der Waals surface area (Å²) in [5, 5.41) is 6.33. The molecule has 2 unspecified atom stereocenters. The molecular weight excluding hydrogens is 259 g/mol. The lowest BCUT2D eigenvalue weighted by Gasteiger charge is -2.30. The van der Waals surface area contributed by atoms with Crippen LogP contribution in [0.1, 0.15) is 18.9 Å². The molecule has 1 heterocycles. The molecule has 20 heavy (non-hydrogen) atoms. The number of rotatable bonds is 4. The lowest BCUT2D eigenvalue weighted by Crippen LogP contribution is -2.48. The highest BCUT2D eigenvalue weighted by atomic mass is 19.1. The van der Waals surface area contributed by atoms with Crippen LogP contribution in [0.2, 0.25) is 0 Å². The van der Waals surface area contributed by atoms with Gasteiger partial charge >= 0.3 is 0 Å². The molecule has 0 aliphatic carbocycles. The number of hydrogen-bond donors (Lipinski definition) is 2. The van der Waals surface area contributed by atoms with Gasteiger partial charge in [-0.2, -0.15) is 0 Å². The Bertz CT molecular complexity index is 479. The average Bonchev–Trinajstić information content (AvgIpc) is 2.41. The van der Waals surface area contributed by atoms with Gasteiger partial charge in [0, 0.05) is 6.04 Å². The molecule has 2 rings (SSSR count). The van der Waals surface area contributed by atoms with Crippen LogP contribution in [0.3, 0.4) is 0 Å². The van der Waals surface area contributed by atoms with Crippen molar-refractivity contribution in [3.63, 3.8) is 0 Å². The Morgan fingerprint density at radius 3 is 3.00 bits per heavy atom. The van der Waals surface area contributed by atoms with Gasteiger partial charge in [0.05, 0.1) is 13.5 Å². The van der Waals surface area contributed by atoms with Crippen LogP contribution in [0.15, 0.2) is 18.2 Å². The zero-order valence-corrected chi connectivity index (χ0v) is 11.9. The highest BCUT2D eigenvalue weighted by Crippen LogP contribution is 2.18. The summed E-state index contributed by atoms with van der Waals surface area (Å²) in [6.07, 6.45) is 1.13. The third-order valence-electron chi connectivity index (χ3n) is 3.71. The normalized spacial score (nSPS) is 22.4. The highest BCUT2D eigenvalue weighted by Gasteiger charge is 2.22. The van der Waals surface area contributed by atoms with E-state index in [2.05, 4.69) is 17.6 Å². The fourth-order valence-electron chi connectivity index (χ4n) is 2.49. The maximum atomic E-state index is 13.6. The monoisotopic (exact) mass is 280 g/mol. The van der Waals surface area contributed by atoms with Crippen LogP contribution in [0, 0.1) is 11.7 Å². The Morgan fingerprint density at radius 2 is 2.35 bits per heavy atom. The molecule has 0 aromatic heterocycles. The lowest BCUT2D eigenvalue weighted by atomic mass is 9.95. The molecule has 1 amide bonds. The number of halogens is 1. The number of hydrogen-bond acceptors (Lipinski definition) is 3. The Hall–Kier alpha value is -1.62. The summed E-state index contributed by atoms with van der Waals surface area (Å²) >= 11 is 0. The SMILES string of the molecule is COc1ccc(CC(=O)NC2CCNCC2C)cc1F. The van der Waals surface area contributed by atoms with Gasteiger partial charge in [0.25, 0.3) is 0 Å². The first kappa shape index (κ1) is 14.8. The maximum absolute atomic E-state index is 13.6. The molecule has 0 saturated carbocycles. The molecule has 0 spiro atoms. The van der Waals surface area contributed by atoms with E-state index < -0.39 is 5.82 Å². The number of ether oxygens (including phenoxy) is 1. The van der Waals surface area contributed by atoms with E-state index in [-0.39, 0.29) is 24.1 Å². The predicted octanol–water partition coefficient (Wildman–Crippen LogP) is 1.49. The van der Waals surface area contributed by atoms with E-state index in [4.69, 9.17) is 4.74 Å². The first-order valence-corrected chi connectivity index (χ1v) is 6.92. The van der Waals surface area contributed by atoms with Crippen LogP contribution in [0.25, 0.3) is 0 Å². The molecular formula is C15H21FN2O2. The smallest absolute Gasteiger partial charge is 0.224 e. The minimum absolute atomic E-state index is 0.0617. The van der Waals surface area contributed by atoms with Crippen molar-refractivity contribution >= 4 is 5.91 Å². The van der Waals surface area contributed by atoms with E-state index in [1.54, 1.807) is 12.1 Å². The number of methoxy groups -OCH3 is 1. The summed E-state index contributed by atoms with van der Waals surface area (Å²) in [5.41, 5.74) is 0.655. The standard InChI is InChI=1S/C15H21FN2O2/c1-10-9-17-6-5-13(10)18-15(19)8-11-3-4-14(20-2)12(16)7-11/h3-4,7,10,13,17H,5-6,8-9H2,1-2H3,(H,18,19). The quantitative estimate of drug-likeness (QED) is 0.878. The lowest BCUT2D eigenvalue weighted by molar-refractivity contribution is -0.121. The largest absolute Gasteiger partial charge is 0.494 e. The second-order valence-corrected chi connectivity index (χ2v) is 5.29. The fraction of sp³-hybridized carbons (Fsp3) is 0.533. The van der Waals surface area contributed by atoms with E-state index in [0.717, 1.165) is 19.5 Å². The van der Waals surface area contributed by atoms with E-state index in [1.807, 2.05) is 0 Å². The Morgan fingerprint density at radius 1 is 1.55 bits per heavy atom. The summed E-state index contributed by atoms with van der Waals surface area (Å²) in [7, 11) is 1.42. The van der Waals surface area contributed by atoms with Gasteiger partial charge in [0.1, 0.15) is 0 Å². The van der Waals surface area contributed by atoms with Crippen LogP contribution in [0.4, 0.5) is 4.39 Å². The molecule has 110 valence electrons. The summed E-state index contributed by atoms with van der Waals surface area (Å²) in [6, 6.07) is 4.81. The van der Waals surface area contributed by atoms with Gasteiger partial charge in [0.15, 0.2) is 11.6 Å². The molecule has 1 saturated heterocycles. The zero-order chi connectivity index (χ0) is 14.5. The Kier molecular flexibility index (Phi) is 4.95. The number of carbonyl (C=O) groups excluding carboxylic acids is 1. The predicted molar refractivity (Wildman–Crippen MR) is 75.2 cm³/mol. The van der Waals surface area contributed by atoms with Crippen LogP contribution >= 0.6 is 0 Å². The third-order valence-corrected chi connectivity index (χ3v) is 3.71. The van der Waals surface area contributed by atoms with E-state index >= 15 is 0 Å². The van der Waals surface area contributed by atoms with Crippen LogP contribution in [-0.2, 0) is 11.2 Å². The maximum Gasteiger partial charge on any atom is 0.224 e. The Balaban J connectivity index is 1.92. The van der Waals surface area contributed by atoms with E-state index in [9.17, 15) is 9.18 Å². The van der Waals surface area contributed by atoms with Crippen molar-refractivity contribution in [2.75, 3.05) is 20.2 Å². The van der Waals surface area contributed by atoms with Crippen molar-refractivity contribution in [3.05, 3.63) is 29.6 Å². The molecule has 1 fully saturated rings. The van der Waals surface area contributed by atoms with E-state index in [1.165, 1.54) is 13.2 Å². The molecule has 4 nitrogen and oxygen atoms in total. The molecule has 5 heteroatoms. The van der Waals surface area contributed by atoms with Crippen molar-refractivity contribution in [1.82, 2.24) is 10.6 Å². The van der Waals surface area contributed by atoms with Gasteiger partial charge in [-0.05, 0) is 43.1 Å². The van der Waals surface area contributed by atoms with Gasteiger partial charge in [-0.1, -0.05) is 13.0 Å². The molecule has 0 radical (unpaired) electrons. The molecule has 0 bridgehead atoms. The number of carbonyl (C=O) groups is 1. The van der Waals surface area contributed by atoms with Crippen LogP contribution in [0.5, 0.6) is 5.75 Å². The summed E-state index contributed by atoms with van der Waals surface area (Å²) in [4.78, 5) is 12.0. The van der Waals surface area contributed by atoms with Gasteiger partial charge < -0.3 is 15.4 Å². The number of piperidine rings is 1. The van der Waals surface area contributed by atoms with Gasteiger partial charge in [-0.15, -0.1) is 0 Å². The number of nitrogens with one attached hydrogen (secondary N) is 2. The highest BCUT2D eigenvalue weighted by molar-refractivity contribution is 5.79. The summed E-state index contributed by atoms with van der Waals surface area (Å²) in [5.74, 6) is 0.114. The second kappa shape index (κ2) is 6.70. The van der Waals surface area contributed by atoms with Crippen molar-refractivity contribution < 1.29 is 13.9 Å². The Labute approximate surface area is 118 Å². The van der Waals surface area contributed by atoms with Crippen molar-refractivity contribution in [2.45, 2.75) is 25.8 Å². The molecule has 1 aromatic rings. The topological polar surface area (TPSA) is 50.4 Å². The summed E-state index contributed by atoms with van der Waals surface area (Å²) < 4.78 is 18.4.